The van der Waals surface area contributed by atoms with E-state index in [1.807, 2.05) is 19.9 Å². The van der Waals surface area contributed by atoms with Crippen molar-refractivity contribution in [3.05, 3.63) is 23.3 Å². The van der Waals surface area contributed by atoms with Crippen LogP contribution in [0.3, 0.4) is 0 Å². The van der Waals surface area contributed by atoms with Crippen LogP contribution < -0.4 is 11.6 Å². The van der Waals surface area contributed by atoms with Gasteiger partial charge >= 0.3 is 0 Å². The largest absolute Gasteiger partial charge is 0.377 e. The summed E-state index contributed by atoms with van der Waals surface area (Å²) in [5.74, 6) is 6.32. The number of amidine groups is 1. The zero-order valence-corrected chi connectivity index (χ0v) is 11.6. The fourth-order valence-electron chi connectivity index (χ4n) is 1.78. The molecule has 3 rings (SSSR count). The minimum absolute atomic E-state index is 0.305. The lowest BCUT2D eigenvalue weighted by Gasteiger charge is -2.13. The first kappa shape index (κ1) is 12.7. The van der Waals surface area contributed by atoms with E-state index < -0.39 is 5.37 Å². The van der Waals surface area contributed by atoms with E-state index in [1.54, 1.807) is 4.68 Å². The van der Waals surface area contributed by atoms with Gasteiger partial charge in [0.1, 0.15) is 0 Å². The Morgan fingerprint density at radius 2 is 1.90 bits per heavy atom. The molecule has 104 valence electrons. The summed E-state index contributed by atoms with van der Waals surface area (Å²) in [5.41, 5.74) is 7.35. The standard InChI is InChI=1S/C9H12N10S/c1-4-3-5(2)18(16-4)9-14-12-6(13-15-9)7-19(11)17-8(10)20-7/h3,7H,11H2,1-2H3,(H2,10,17). The Morgan fingerprint density at radius 1 is 1.20 bits per heavy atom. The second-order valence-electron chi connectivity index (χ2n) is 4.19. The van der Waals surface area contributed by atoms with Crippen LogP contribution in [0.2, 0.25) is 0 Å². The van der Waals surface area contributed by atoms with Gasteiger partial charge in [-0.1, -0.05) is 11.8 Å². The molecule has 0 amide bonds. The first-order valence-electron chi connectivity index (χ1n) is 5.70. The third kappa shape index (κ3) is 2.16. The molecule has 0 spiro atoms. The van der Waals surface area contributed by atoms with Crippen LogP contribution in [0.5, 0.6) is 0 Å². The highest BCUT2D eigenvalue weighted by molar-refractivity contribution is 8.14. The topological polar surface area (TPSA) is 137 Å². The number of hydrogen-bond donors (Lipinski definition) is 2. The van der Waals surface area contributed by atoms with Crippen molar-refractivity contribution in [2.45, 2.75) is 19.2 Å². The van der Waals surface area contributed by atoms with Gasteiger partial charge < -0.3 is 5.73 Å². The smallest absolute Gasteiger partial charge is 0.289 e. The number of thioether (sulfide) groups is 1. The maximum absolute atomic E-state index is 5.67. The van der Waals surface area contributed by atoms with Crippen molar-refractivity contribution in [2.75, 3.05) is 0 Å². The number of nitrogens with zero attached hydrogens (tertiary/aromatic N) is 8. The zero-order valence-electron chi connectivity index (χ0n) is 10.8. The number of hydrazine groups is 1. The lowest BCUT2D eigenvalue weighted by atomic mass is 10.4. The summed E-state index contributed by atoms with van der Waals surface area (Å²) < 4.78 is 1.58. The molecule has 0 saturated carbocycles. The Bertz CT molecular complexity index is 662. The monoisotopic (exact) mass is 292 g/mol. The molecule has 10 nitrogen and oxygen atoms in total. The van der Waals surface area contributed by atoms with Crippen LogP contribution in [-0.4, -0.2) is 40.5 Å². The summed E-state index contributed by atoms with van der Waals surface area (Å²) in [6.45, 7) is 3.79. The highest BCUT2D eigenvalue weighted by Gasteiger charge is 2.29. The summed E-state index contributed by atoms with van der Waals surface area (Å²) >= 11 is 1.24. The van der Waals surface area contributed by atoms with Crippen molar-refractivity contribution in [2.24, 2.45) is 16.7 Å². The van der Waals surface area contributed by atoms with E-state index in [9.17, 15) is 0 Å². The SMILES string of the molecule is Cc1cc(C)n(-c2nnc(C3SC(N)=NN3N)nn2)n1. The van der Waals surface area contributed by atoms with Gasteiger partial charge in [-0.25, -0.2) is 15.6 Å². The van der Waals surface area contributed by atoms with Crippen LogP contribution in [0.1, 0.15) is 22.6 Å². The summed E-state index contributed by atoms with van der Waals surface area (Å²) in [5, 5.41) is 25.3. The molecule has 11 heteroatoms. The second kappa shape index (κ2) is 4.68. The molecule has 4 N–H and O–H groups in total. The van der Waals surface area contributed by atoms with Gasteiger partial charge in [0.2, 0.25) is 5.82 Å². The Kier molecular flexibility index (Phi) is 2.99. The van der Waals surface area contributed by atoms with Crippen molar-refractivity contribution >= 4 is 16.9 Å². The van der Waals surface area contributed by atoms with E-state index in [4.69, 9.17) is 11.6 Å². The molecule has 2 aromatic rings. The van der Waals surface area contributed by atoms with Crippen molar-refractivity contribution in [3.63, 3.8) is 0 Å². The molecule has 0 fully saturated rings. The van der Waals surface area contributed by atoms with E-state index in [2.05, 4.69) is 30.6 Å². The highest BCUT2D eigenvalue weighted by Crippen LogP contribution is 2.32. The van der Waals surface area contributed by atoms with Crippen molar-refractivity contribution < 1.29 is 0 Å². The van der Waals surface area contributed by atoms with Crippen LogP contribution in [-0.2, 0) is 0 Å². The van der Waals surface area contributed by atoms with Gasteiger partial charge in [0, 0.05) is 5.69 Å². The van der Waals surface area contributed by atoms with E-state index in [-0.39, 0.29) is 0 Å². The molecule has 0 aliphatic carbocycles. The molecule has 2 aromatic heterocycles. The second-order valence-corrected chi connectivity index (χ2v) is 5.29. The fourth-order valence-corrected chi connectivity index (χ4v) is 2.50. The van der Waals surface area contributed by atoms with Gasteiger partial charge in [-0.2, -0.15) is 5.10 Å². The molecule has 1 aliphatic heterocycles. The highest BCUT2D eigenvalue weighted by atomic mass is 32.2. The third-order valence-electron chi connectivity index (χ3n) is 2.59. The average Bonchev–Trinajstić information content (AvgIpc) is 2.92. The third-order valence-corrected chi connectivity index (χ3v) is 3.56. The van der Waals surface area contributed by atoms with E-state index >= 15 is 0 Å². The number of aromatic nitrogens is 6. The number of nitrogens with two attached hydrogens (primary N) is 2. The molecule has 0 aromatic carbocycles. The van der Waals surface area contributed by atoms with E-state index in [0.29, 0.717) is 16.9 Å². The Labute approximate surface area is 118 Å². The summed E-state index contributed by atoms with van der Waals surface area (Å²) in [6.07, 6.45) is 0. The van der Waals surface area contributed by atoms with E-state index in [0.717, 1.165) is 11.4 Å². The maximum Gasteiger partial charge on any atom is 0.289 e. The minimum atomic E-state index is -0.412. The average molecular weight is 292 g/mol. The van der Waals surface area contributed by atoms with Gasteiger partial charge in [-0.05, 0) is 19.9 Å². The fraction of sp³-hybridized carbons (Fsp3) is 0.333. The lowest BCUT2D eigenvalue weighted by Crippen LogP contribution is -2.27. The summed E-state index contributed by atoms with van der Waals surface area (Å²) in [6, 6.07) is 1.92. The molecule has 1 aliphatic rings. The van der Waals surface area contributed by atoms with Crippen LogP contribution in [0.4, 0.5) is 0 Å². The van der Waals surface area contributed by atoms with Crippen molar-refractivity contribution in [1.82, 2.24) is 35.3 Å². The summed E-state index contributed by atoms with van der Waals surface area (Å²) in [7, 11) is 0. The lowest BCUT2D eigenvalue weighted by molar-refractivity contribution is 0.279. The van der Waals surface area contributed by atoms with Gasteiger partial charge in [0.15, 0.2) is 10.5 Å². The minimum Gasteiger partial charge on any atom is -0.377 e. The van der Waals surface area contributed by atoms with Crippen LogP contribution in [0, 0.1) is 13.8 Å². The van der Waals surface area contributed by atoms with Crippen LogP contribution in [0.15, 0.2) is 11.2 Å². The molecule has 20 heavy (non-hydrogen) atoms. The van der Waals surface area contributed by atoms with Gasteiger partial charge in [0.05, 0.1) is 5.69 Å². The first-order valence-corrected chi connectivity index (χ1v) is 6.58. The molecule has 0 saturated heterocycles. The number of hydrazone groups is 1. The predicted octanol–water partition coefficient (Wildman–Crippen LogP) is -0.780. The van der Waals surface area contributed by atoms with Crippen LogP contribution >= 0.6 is 11.8 Å². The van der Waals surface area contributed by atoms with Gasteiger partial charge in [-0.3, -0.25) is 0 Å². The number of aryl methyl sites for hydroxylation is 2. The van der Waals surface area contributed by atoms with Gasteiger partial charge in [0.25, 0.3) is 5.95 Å². The zero-order chi connectivity index (χ0) is 14.3. The van der Waals surface area contributed by atoms with Crippen molar-refractivity contribution in [3.8, 4) is 5.95 Å². The number of rotatable bonds is 2. The van der Waals surface area contributed by atoms with Crippen molar-refractivity contribution in [1.29, 1.82) is 0 Å². The molecule has 1 unspecified atom stereocenters. The molecule has 0 radical (unpaired) electrons. The van der Waals surface area contributed by atoms with Gasteiger partial charge in [-0.15, -0.1) is 25.5 Å². The predicted molar refractivity (Wildman–Crippen MR) is 72.2 cm³/mol. The molecule has 3 heterocycles. The van der Waals surface area contributed by atoms with E-state index in [1.165, 1.54) is 16.9 Å². The normalized spacial score (nSPS) is 18.4. The molecule has 0 bridgehead atoms. The molecule has 1 atom stereocenters. The number of hydrogen-bond acceptors (Lipinski definition) is 10. The summed E-state index contributed by atoms with van der Waals surface area (Å²) in [4.78, 5) is 0. The Hall–Kier alpha value is -2.27. The Morgan fingerprint density at radius 3 is 2.40 bits per heavy atom. The van der Waals surface area contributed by atoms with Crippen LogP contribution in [0.25, 0.3) is 5.95 Å². The molecular weight excluding hydrogens is 280 g/mol. The first-order chi connectivity index (χ1) is 9.54. The Balaban J connectivity index is 1.87. The molecular formula is C9H12N10S. The quantitative estimate of drug-likeness (QED) is 0.682. The maximum atomic E-state index is 5.67.